The van der Waals surface area contributed by atoms with Crippen molar-refractivity contribution in [2.75, 3.05) is 0 Å². The lowest BCUT2D eigenvalue weighted by molar-refractivity contribution is 0.469. The summed E-state index contributed by atoms with van der Waals surface area (Å²) in [4.78, 5) is 0. The first-order valence-corrected chi connectivity index (χ1v) is 6.93. The second-order valence-corrected chi connectivity index (χ2v) is 5.47. The van der Waals surface area contributed by atoms with Crippen LogP contribution < -0.4 is 5.32 Å². The molecular weight excluding hydrogens is 258 g/mol. The summed E-state index contributed by atoms with van der Waals surface area (Å²) in [5.41, 5.74) is 2.41. The Morgan fingerprint density at radius 3 is 2.42 bits per heavy atom. The largest absolute Gasteiger partial charge is 0.466 e. The van der Waals surface area contributed by atoms with Crippen LogP contribution in [0.1, 0.15) is 48.6 Å². The Balaban J connectivity index is 2.10. The number of hydrogen-bond donors (Lipinski definition) is 1. The van der Waals surface area contributed by atoms with Gasteiger partial charge in [0.1, 0.15) is 11.5 Å². The second-order valence-electron chi connectivity index (χ2n) is 5.03. The molecule has 0 aliphatic heterocycles. The molecule has 102 valence electrons. The van der Waals surface area contributed by atoms with Crippen LogP contribution in [0.5, 0.6) is 0 Å². The van der Waals surface area contributed by atoms with Gasteiger partial charge in [-0.3, -0.25) is 0 Å². The predicted octanol–water partition coefficient (Wildman–Crippen LogP) is 4.96. The summed E-state index contributed by atoms with van der Waals surface area (Å²) in [6, 6.07) is 10.5. The van der Waals surface area contributed by atoms with E-state index in [1.54, 1.807) is 0 Å². The zero-order chi connectivity index (χ0) is 14.0. The van der Waals surface area contributed by atoms with Crippen molar-refractivity contribution in [1.29, 1.82) is 0 Å². The average Bonchev–Trinajstić information content (AvgIpc) is 2.68. The third kappa shape index (κ3) is 3.40. The van der Waals surface area contributed by atoms with Crippen molar-refractivity contribution in [1.82, 2.24) is 5.32 Å². The highest BCUT2D eigenvalue weighted by Crippen LogP contribution is 2.25. The summed E-state index contributed by atoms with van der Waals surface area (Å²) >= 11 is 6.03. The zero-order valence-electron chi connectivity index (χ0n) is 11.8. The Morgan fingerprint density at radius 1 is 1.11 bits per heavy atom. The van der Waals surface area contributed by atoms with Crippen molar-refractivity contribution in [2.24, 2.45) is 0 Å². The molecule has 1 aromatic heterocycles. The smallest absolute Gasteiger partial charge is 0.105 e. The minimum Gasteiger partial charge on any atom is -0.466 e. The van der Waals surface area contributed by atoms with E-state index in [-0.39, 0.29) is 12.1 Å². The van der Waals surface area contributed by atoms with Crippen LogP contribution >= 0.6 is 11.6 Å². The molecule has 0 spiro atoms. The molecule has 2 rings (SSSR count). The molecule has 0 aliphatic carbocycles. The first-order chi connectivity index (χ1) is 8.97. The van der Waals surface area contributed by atoms with Gasteiger partial charge in [-0.05, 0) is 51.5 Å². The number of benzene rings is 1. The average molecular weight is 278 g/mol. The van der Waals surface area contributed by atoms with Gasteiger partial charge in [0.25, 0.3) is 0 Å². The molecule has 1 unspecified atom stereocenters. The van der Waals surface area contributed by atoms with E-state index in [0.29, 0.717) is 0 Å². The van der Waals surface area contributed by atoms with Crippen LogP contribution in [-0.4, -0.2) is 0 Å². The van der Waals surface area contributed by atoms with E-state index < -0.39 is 0 Å². The molecule has 0 fully saturated rings. The van der Waals surface area contributed by atoms with E-state index in [1.165, 1.54) is 11.1 Å². The molecule has 2 aromatic rings. The third-order valence-electron chi connectivity index (χ3n) is 3.39. The Hall–Kier alpha value is -1.25. The van der Waals surface area contributed by atoms with E-state index in [4.69, 9.17) is 16.0 Å². The highest BCUT2D eigenvalue weighted by molar-refractivity contribution is 6.30. The highest BCUT2D eigenvalue weighted by Gasteiger charge is 2.15. The van der Waals surface area contributed by atoms with Crippen molar-refractivity contribution in [2.45, 2.75) is 39.8 Å². The predicted molar refractivity (Wildman–Crippen MR) is 79.6 cm³/mol. The van der Waals surface area contributed by atoms with E-state index in [2.05, 4.69) is 31.3 Å². The second kappa shape index (κ2) is 5.81. The van der Waals surface area contributed by atoms with E-state index >= 15 is 0 Å². The van der Waals surface area contributed by atoms with E-state index in [0.717, 1.165) is 16.5 Å². The molecule has 1 aromatic carbocycles. The van der Waals surface area contributed by atoms with Gasteiger partial charge >= 0.3 is 0 Å². The van der Waals surface area contributed by atoms with Crippen LogP contribution in [0.2, 0.25) is 5.02 Å². The van der Waals surface area contributed by atoms with E-state index in [9.17, 15) is 0 Å². The summed E-state index contributed by atoms with van der Waals surface area (Å²) in [6.45, 7) is 8.27. The highest BCUT2D eigenvalue weighted by atomic mass is 35.5. The number of nitrogens with one attached hydrogen (secondary N) is 1. The molecule has 19 heavy (non-hydrogen) atoms. The summed E-state index contributed by atoms with van der Waals surface area (Å²) < 4.78 is 5.58. The van der Waals surface area contributed by atoms with Crippen LogP contribution in [0.15, 0.2) is 34.7 Å². The number of furan rings is 1. The maximum atomic E-state index is 6.03. The molecule has 0 saturated carbocycles. The van der Waals surface area contributed by atoms with Gasteiger partial charge in [-0.15, -0.1) is 0 Å². The lowest BCUT2D eigenvalue weighted by atomic mass is 10.0. The molecule has 1 N–H and O–H groups in total. The van der Waals surface area contributed by atoms with Crippen molar-refractivity contribution in [3.8, 4) is 0 Å². The topological polar surface area (TPSA) is 25.2 Å². The normalized spacial score (nSPS) is 14.4. The Labute approximate surface area is 119 Å². The molecule has 0 bridgehead atoms. The number of rotatable bonds is 4. The summed E-state index contributed by atoms with van der Waals surface area (Å²) in [7, 11) is 0. The SMILES string of the molecule is Cc1cc(C(C)N[C@@H](C)c2cccc(Cl)c2)c(C)o1. The van der Waals surface area contributed by atoms with E-state index in [1.807, 2.05) is 32.0 Å². The molecule has 0 aliphatic rings. The zero-order valence-corrected chi connectivity index (χ0v) is 12.6. The third-order valence-corrected chi connectivity index (χ3v) is 3.63. The Bertz CT molecular complexity index is 562. The Kier molecular flexibility index (Phi) is 4.33. The molecule has 2 atom stereocenters. The molecule has 2 nitrogen and oxygen atoms in total. The summed E-state index contributed by atoms with van der Waals surface area (Å²) in [5.74, 6) is 1.94. The first kappa shape index (κ1) is 14.2. The van der Waals surface area contributed by atoms with Gasteiger partial charge < -0.3 is 9.73 Å². The lowest BCUT2D eigenvalue weighted by Gasteiger charge is -2.20. The van der Waals surface area contributed by atoms with Gasteiger partial charge in [-0.25, -0.2) is 0 Å². The fourth-order valence-electron chi connectivity index (χ4n) is 2.42. The van der Waals surface area contributed by atoms with Gasteiger partial charge in [-0.2, -0.15) is 0 Å². The fraction of sp³-hybridized carbons (Fsp3) is 0.375. The molecule has 0 saturated heterocycles. The monoisotopic (exact) mass is 277 g/mol. The lowest BCUT2D eigenvalue weighted by Crippen LogP contribution is -2.22. The molecule has 0 radical (unpaired) electrons. The fourth-order valence-corrected chi connectivity index (χ4v) is 2.62. The minimum atomic E-state index is 0.239. The van der Waals surface area contributed by atoms with Crippen molar-refractivity contribution in [3.63, 3.8) is 0 Å². The Morgan fingerprint density at radius 2 is 1.84 bits per heavy atom. The molecule has 0 amide bonds. The van der Waals surface area contributed by atoms with Gasteiger partial charge in [0.2, 0.25) is 0 Å². The van der Waals surface area contributed by atoms with Crippen LogP contribution in [0.4, 0.5) is 0 Å². The summed E-state index contributed by atoms with van der Waals surface area (Å²) in [5, 5.41) is 4.35. The number of halogens is 1. The molecule has 3 heteroatoms. The summed E-state index contributed by atoms with van der Waals surface area (Å²) in [6.07, 6.45) is 0. The van der Waals surface area contributed by atoms with Crippen molar-refractivity contribution >= 4 is 11.6 Å². The minimum absolute atomic E-state index is 0.239. The quantitative estimate of drug-likeness (QED) is 0.854. The van der Waals surface area contributed by atoms with Crippen LogP contribution in [0, 0.1) is 13.8 Å². The number of hydrogen-bond acceptors (Lipinski definition) is 2. The number of aryl methyl sites for hydroxylation is 2. The molecule has 1 heterocycles. The van der Waals surface area contributed by atoms with Gasteiger partial charge in [0, 0.05) is 22.7 Å². The standard InChI is InChI=1S/C16H20ClNO/c1-10-8-16(13(4)19-10)12(3)18-11(2)14-6-5-7-15(17)9-14/h5-9,11-12,18H,1-4H3/t11-,12?/m0/s1. The maximum absolute atomic E-state index is 6.03. The van der Waals surface area contributed by atoms with Crippen molar-refractivity contribution < 1.29 is 4.42 Å². The van der Waals surface area contributed by atoms with Crippen LogP contribution in [-0.2, 0) is 0 Å². The van der Waals surface area contributed by atoms with Gasteiger partial charge in [-0.1, -0.05) is 23.7 Å². The first-order valence-electron chi connectivity index (χ1n) is 6.56. The van der Waals surface area contributed by atoms with Gasteiger partial charge in [0.15, 0.2) is 0 Å². The van der Waals surface area contributed by atoms with Crippen LogP contribution in [0.3, 0.4) is 0 Å². The molecular formula is C16H20ClNO. The van der Waals surface area contributed by atoms with Crippen LogP contribution in [0.25, 0.3) is 0 Å². The van der Waals surface area contributed by atoms with Crippen molar-refractivity contribution in [3.05, 3.63) is 58.0 Å². The van der Waals surface area contributed by atoms with Gasteiger partial charge in [0.05, 0.1) is 0 Å². The maximum Gasteiger partial charge on any atom is 0.105 e.